The SMILES string of the molecule is CC1NC(=O)CCN(C2CCCCC2)C1=O. The van der Waals surface area contributed by atoms with E-state index in [4.69, 9.17) is 0 Å². The summed E-state index contributed by atoms with van der Waals surface area (Å²) in [6, 6.07) is 0.0216. The predicted molar refractivity (Wildman–Crippen MR) is 60.8 cm³/mol. The molecule has 0 radical (unpaired) electrons. The summed E-state index contributed by atoms with van der Waals surface area (Å²) in [4.78, 5) is 25.4. The Morgan fingerprint density at radius 1 is 1.19 bits per heavy atom. The van der Waals surface area contributed by atoms with Crippen molar-refractivity contribution in [3.8, 4) is 0 Å². The summed E-state index contributed by atoms with van der Waals surface area (Å²) in [7, 11) is 0. The van der Waals surface area contributed by atoms with Crippen molar-refractivity contribution in [2.75, 3.05) is 6.54 Å². The first-order valence-electron chi connectivity index (χ1n) is 6.28. The highest BCUT2D eigenvalue weighted by molar-refractivity contribution is 5.89. The highest BCUT2D eigenvalue weighted by Crippen LogP contribution is 2.24. The van der Waals surface area contributed by atoms with Crippen molar-refractivity contribution in [3.63, 3.8) is 0 Å². The largest absolute Gasteiger partial charge is 0.345 e. The van der Waals surface area contributed by atoms with Crippen LogP contribution in [0.15, 0.2) is 0 Å². The lowest BCUT2D eigenvalue weighted by molar-refractivity contribution is -0.135. The Morgan fingerprint density at radius 2 is 1.88 bits per heavy atom. The molecular formula is C12H20N2O2. The predicted octanol–water partition coefficient (Wildman–Crippen LogP) is 1.06. The van der Waals surface area contributed by atoms with Crippen LogP contribution in [0.2, 0.25) is 0 Å². The molecule has 2 rings (SSSR count). The van der Waals surface area contributed by atoms with E-state index in [-0.39, 0.29) is 17.9 Å². The Hall–Kier alpha value is -1.06. The van der Waals surface area contributed by atoms with Crippen LogP contribution in [-0.4, -0.2) is 35.3 Å². The maximum atomic E-state index is 12.1. The molecule has 1 aliphatic heterocycles. The Morgan fingerprint density at radius 3 is 2.56 bits per heavy atom. The second kappa shape index (κ2) is 4.85. The van der Waals surface area contributed by atoms with Crippen molar-refractivity contribution in [1.82, 2.24) is 10.2 Å². The summed E-state index contributed by atoms with van der Waals surface area (Å²) >= 11 is 0. The van der Waals surface area contributed by atoms with Crippen LogP contribution in [0.3, 0.4) is 0 Å². The van der Waals surface area contributed by atoms with Gasteiger partial charge in [0, 0.05) is 19.0 Å². The van der Waals surface area contributed by atoms with Gasteiger partial charge >= 0.3 is 0 Å². The molecule has 4 nitrogen and oxygen atoms in total. The molecule has 90 valence electrons. The van der Waals surface area contributed by atoms with Crippen molar-refractivity contribution in [1.29, 1.82) is 0 Å². The van der Waals surface area contributed by atoms with Crippen LogP contribution >= 0.6 is 0 Å². The van der Waals surface area contributed by atoms with Crippen LogP contribution in [0.25, 0.3) is 0 Å². The molecule has 1 N–H and O–H groups in total. The van der Waals surface area contributed by atoms with Gasteiger partial charge in [0.25, 0.3) is 0 Å². The van der Waals surface area contributed by atoms with E-state index in [0.717, 1.165) is 12.8 Å². The number of carbonyl (C=O) groups excluding carboxylic acids is 2. The van der Waals surface area contributed by atoms with Gasteiger partial charge in [0.15, 0.2) is 0 Å². The molecule has 4 heteroatoms. The molecule has 1 saturated heterocycles. The summed E-state index contributed by atoms with van der Waals surface area (Å²) in [5.41, 5.74) is 0. The van der Waals surface area contributed by atoms with Gasteiger partial charge in [-0.25, -0.2) is 0 Å². The van der Waals surface area contributed by atoms with E-state index in [2.05, 4.69) is 5.32 Å². The Labute approximate surface area is 96.4 Å². The quantitative estimate of drug-likeness (QED) is 0.724. The molecule has 0 spiro atoms. The Kier molecular flexibility index (Phi) is 3.46. The summed E-state index contributed by atoms with van der Waals surface area (Å²) in [5, 5.41) is 2.73. The molecule has 16 heavy (non-hydrogen) atoms. The number of hydrogen-bond acceptors (Lipinski definition) is 2. The van der Waals surface area contributed by atoms with Crippen LogP contribution in [0.5, 0.6) is 0 Å². The third-order valence-electron chi connectivity index (χ3n) is 3.63. The number of amides is 2. The van der Waals surface area contributed by atoms with Crippen molar-refractivity contribution < 1.29 is 9.59 Å². The summed E-state index contributed by atoms with van der Waals surface area (Å²) in [6.07, 6.45) is 6.37. The van der Waals surface area contributed by atoms with Crippen LogP contribution in [-0.2, 0) is 9.59 Å². The standard InChI is InChI=1S/C12H20N2O2/c1-9-12(16)14(8-7-11(15)13-9)10-5-3-2-4-6-10/h9-10H,2-8H2,1H3,(H,13,15). The Bertz CT molecular complexity index is 285. The summed E-state index contributed by atoms with van der Waals surface area (Å²) < 4.78 is 0. The van der Waals surface area contributed by atoms with Crippen molar-refractivity contribution in [3.05, 3.63) is 0 Å². The fourth-order valence-electron chi connectivity index (χ4n) is 2.71. The van der Waals surface area contributed by atoms with Gasteiger partial charge < -0.3 is 10.2 Å². The van der Waals surface area contributed by atoms with E-state index in [1.807, 2.05) is 4.90 Å². The second-order valence-electron chi connectivity index (χ2n) is 4.86. The smallest absolute Gasteiger partial charge is 0.245 e. The first-order chi connectivity index (χ1) is 7.68. The molecule has 0 bridgehead atoms. The molecule has 0 aromatic rings. The van der Waals surface area contributed by atoms with E-state index >= 15 is 0 Å². The van der Waals surface area contributed by atoms with Gasteiger partial charge in [-0.2, -0.15) is 0 Å². The fraction of sp³-hybridized carbons (Fsp3) is 0.833. The molecule has 1 saturated carbocycles. The molecule has 1 aliphatic carbocycles. The highest BCUT2D eigenvalue weighted by atomic mass is 16.2. The van der Waals surface area contributed by atoms with Gasteiger partial charge in [0.1, 0.15) is 6.04 Å². The minimum absolute atomic E-state index is 0.000778. The normalized spacial score (nSPS) is 28.8. The zero-order chi connectivity index (χ0) is 11.5. The van der Waals surface area contributed by atoms with Gasteiger partial charge in [-0.1, -0.05) is 19.3 Å². The van der Waals surface area contributed by atoms with Crippen LogP contribution in [0.4, 0.5) is 0 Å². The van der Waals surface area contributed by atoms with Crippen LogP contribution in [0, 0.1) is 0 Å². The second-order valence-corrected chi connectivity index (χ2v) is 4.86. The van der Waals surface area contributed by atoms with Crippen molar-refractivity contribution >= 4 is 11.8 Å². The first kappa shape index (κ1) is 11.4. The lowest BCUT2D eigenvalue weighted by atomic mass is 9.94. The average molecular weight is 224 g/mol. The number of nitrogens with zero attached hydrogens (tertiary/aromatic N) is 1. The number of hydrogen-bond donors (Lipinski definition) is 1. The number of rotatable bonds is 1. The van der Waals surface area contributed by atoms with Crippen LogP contribution in [0.1, 0.15) is 45.4 Å². The molecular weight excluding hydrogens is 204 g/mol. The topological polar surface area (TPSA) is 49.4 Å². The summed E-state index contributed by atoms with van der Waals surface area (Å²) in [5.74, 6) is 0.0944. The van der Waals surface area contributed by atoms with Crippen molar-refractivity contribution in [2.24, 2.45) is 0 Å². The first-order valence-corrected chi connectivity index (χ1v) is 6.28. The molecule has 2 fully saturated rings. The van der Waals surface area contributed by atoms with Gasteiger partial charge in [0.2, 0.25) is 11.8 Å². The third kappa shape index (κ3) is 2.36. The van der Waals surface area contributed by atoms with E-state index in [1.54, 1.807) is 6.92 Å². The molecule has 1 atom stereocenters. The average Bonchev–Trinajstić information content (AvgIpc) is 2.41. The number of carbonyl (C=O) groups is 2. The zero-order valence-corrected chi connectivity index (χ0v) is 9.87. The van der Waals surface area contributed by atoms with Gasteiger partial charge in [-0.15, -0.1) is 0 Å². The Balaban J connectivity index is 2.06. The van der Waals surface area contributed by atoms with E-state index in [0.29, 0.717) is 19.0 Å². The van der Waals surface area contributed by atoms with Crippen LogP contribution < -0.4 is 5.32 Å². The van der Waals surface area contributed by atoms with E-state index in [1.165, 1.54) is 19.3 Å². The zero-order valence-electron chi connectivity index (χ0n) is 9.87. The minimum Gasteiger partial charge on any atom is -0.345 e. The monoisotopic (exact) mass is 224 g/mol. The van der Waals surface area contributed by atoms with E-state index < -0.39 is 0 Å². The highest BCUT2D eigenvalue weighted by Gasteiger charge is 2.31. The molecule has 0 aromatic heterocycles. The minimum atomic E-state index is -0.350. The molecule has 1 unspecified atom stereocenters. The third-order valence-corrected chi connectivity index (χ3v) is 3.63. The molecule has 1 heterocycles. The molecule has 2 aliphatic rings. The number of nitrogens with one attached hydrogen (secondary N) is 1. The van der Waals surface area contributed by atoms with Gasteiger partial charge in [0.05, 0.1) is 0 Å². The lowest BCUT2D eigenvalue weighted by Gasteiger charge is -2.34. The lowest BCUT2D eigenvalue weighted by Crippen LogP contribution is -2.47. The maximum absolute atomic E-state index is 12.1. The summed E-state index contributed by atoms with van der Waals surface area (Å²) in [6.45, 7) is 2.38. The van der Waals surface area contributed by atoms with E-state index in [9.17, 15) is 9.59 Å². The van der Waals surface area contributed by atoms with Crippen molar-refractivity contribution in [2.45, 2.75) is 57.5 Å². The fourth-order valence-corrected chi connectivity index (χ4v) is 2.71. The van der Waals surface area contributed by atoms with Gasteiger partial charge in [-0.05, 0) is 19.8 Å². The molecule has 2 amide bonds. The molecule has 0 aromatic carbocycles. The maximum Gasteiger partial charge on any atom is 0.245 e. The van der Waals surface area contributed by atoms with Gasteiger partial charge in [-0.3, -0.25) is 9.59 Å².